The highest BCUT2D eigenvalue weighted by Gasteiger charge is 2.27. The third-order valence-corrected chi connectivity index (χ3v) is 4.24. The SMILES string of the molecule is NCc1cc(C(=O)N2CCN(S(N)(=O)=O)CC2)ccn1. The Morgan fingerprint density at radius 2 is 1.95 bits per heavy atom. The van der Waals surface area contributed by atoms with E-state index in [9.17, 15) is 13.2 Å². The fourth-order valence-corrected chi connectivity index (χ4v) is 2.72. The van der Waals surface area contributed by atoms with Gasteiger partial charge in [-0.3, -0.25) is 9.78 Å². The van der Waals surface area contributed by atoms with Crippen molar-refractivity contribution in [3.63, 3.8) is 0 Å². The van der Waals surface area contributed by atoms with Crippen LogP contribution in [0.2, 0.25) is 0 Å². The van der Waals surface area contributed by atoms with Crippen molar-refractivity contribution in [1.82, 2.24) is 14.2 Å². The molecular formula is C11H17N5O3S. The van der Waals surface area contributed by atoms with Gasteiger partial charge in [-0.2, -0.15) is 12.7 Å². The minimum Gasteiger partial charge on any atom is -0.336 e. The Balaban J connectivity index is 2.05. The molecule has 1 aliphatic rings. The second-order valence-electron chi connectivity index (χ2n) is 4.48. The van der Waals surface area contributed by atoms with Gasteiger partial charge >= 0.3 is 0 Å². The van der Waals surface area contributed by atoms with Crippen molar-refractivity contribution in [2.75, 3.05) is 26.2 Å². The Hall–Kier alpha value is -1.55. The molecule has 1 saturated heterocycles. The van der Waals surface area contributed by atoms with Crippen molar-refractivity contribution in [3.8, 4) is 0 Å². The Labute approximate surface area is 117 Å². The average molecular weight is 299 g/mol. The van der Waals surface area contributed by atoms with Gasteiger partial charge in [0.1, 0.15) is 0 Å². The molecule has 2 rings (SSSR count). The first kappa shape index (κ1) is 14.9. The van der Waals surface area contributed by atoms with Gasteiger partial charge in [0.15, 0.2) is 0 Å². The minimum absolute atomic E-state index is 0.156. The number of hydrogen-bond donors (Lipinski definition) is 2. The zero-order chi connectivity index (χ0) is 14.8. The maximum absolute atomic E-state index is 12.3. The molecule has 2 heterocycles. The number of nitrogens with two attached hydrogens (primary N) is 2. The molecule has 4 N–H and O–H groups in total. The van der Waals surface area contributed by atoms with Gasteiger partial charge in [-0.15, -0.1) is 0 Å². The summed E-state index contributed by atoms with van der Waals surface area (Å²) in [5.41, 5.74) is 6.63. The number of nitrogens with zero attached hydrogens (tertiary/aromatic N) is 3. The summed E-state index contributed by atoms with van der Waals surface area (Å²) in [6.07, 6.45) is 1.54. The molecule has 1 amide bonds. The van der Waals surface area contributed by atoms with Crippen molar-refractivity contribution in [1.29, 1.82) is 0 Å². The highest BCUT2D eigenvalue weighted by Crippen LogP contribution is 2.10. The molecule has 1 aromatic heterocycles. The summed E-state index contributed by atoms with van der Waals surface area (Å²) in [6.45, 7) is 1.31. The molecule has 0 aromatic carbocycles. The van der Waals surface area contributed by atoms with Crippen LogP contribution in [-0.4, -0.2) is 54.7 Å². The molecule has 1 fully saturated rings. The minimum atomic E-state index is -3.68. The lowest BCUT2D eigenvalue weighted by Gasteiger charge is -2.33. The van der Waals surface area contributed by atoms with Crippen molar-refractivity contribution >= 4 is 16.1 Å². The first-order valence-corrected chi connectivity index (χ1v) is 7.64. The van der Waals surface area contributed by atoms with E-state index >= 15 is 0 Å². The summed E-state index contributed by atoms with van der Waals surface area (Å²) in [6, 6.07) is 3.27. The lowest BCUT2D eigenvalue weighted by atomic mass is 10.2. The Morgan fingerprint density at radius 3 is 2.50 bits per heavy atom. The van der Waals surface area contributed by atoms with E-state index in [2.05, 4.69) is 4.98 Å². The number of rotatable bonds is 3. The van der Waals surface area contributed by atoms with E-state index in [4.69, 9.17) is 10.9 Å². The van der Waals surface area contributed by atoms with Crippen LogP contribution < -0.4 is 10.9 Å². The van der Waals surface area contributed by atoms with Crippen LogP contribution in [0.5, 0.6) is 0 Å². The lowest BCUT2D eigenvalue weighted by Crippen LogP contribution is -2.52. The second kappa shape index (κ2) is 5.83. The molecule has 1 aliphatic heterocycles. The number of aromatic nitrogens is 1. The van der Waals surface area contributed by atoms with Gasteiger partial charge in [0, 0.05) is 44.5 Å². The first-order valence-electron chi connectivity index (χ1n) is 6.14. The summed E-state index contributed by atoms with van der Waals surface area (Å²) in [7, 11) is -3.68. The van der Waals surface area contributed by atoms with Gasteiger partial charge in [0.25, 0.3) is 16.1 Å². The smallest absolute Gasteiger partial charge is 0.277 e. The van der Waals surface area contributed by atoms with Crippen LogP contribution in [0.1, 0.15) is 16.1 Å². The molecule has 0 unspecified atom stereocenters. The molecule has 0 saturated carbocycles. The van der Waals surface area contributed by atoms with Gasteiger partial charge in [-0.25, -0.2) is 5.14 Å². The van der Waals surface area contributed by atoms with Crippen LogP contribution >= 0.6 is 0 Å². The molecule has 20 heavy (non-hydrogen) atoms. The predicted octanol–water partition coefficient (Wildman–Crippen LogP) is -1.50. The van der Waals surface area contributed by atoms with Crippen molar-refractivity contribution in [2.24, 2.45) is 10.9 Å². The maximum Gasteiger partial charge on any atom is 0.277 e. The predicted molar refractivity (Wildman–Crippen MR) is 72.7 cm³/mol. The van der Waals surface area contributed by atoms with E-state index in [-0.39, 0.29) is 25.5 Å². The fourth-order valence-electron chi connectivity index (χ4n) is 2.05. The van der Waals surface area contributed by atoms with E-state index in [0.717, 1.165) is 4.31 Å². The zero-order valence-electron chi connectivity index (χ0n) is 10.9. The van der Waals surface area contributed by atoms with E-state index in [1.807, 2.05) is 0 Å². The molecule has 0 spiro atoms. The normalized spacial score (nSPS) is 17.2. The summed E-state index contributed by atoms with van der Waals surface area (Å²) >= 11 is 0. The number of piperazine rings is 1. The summed E-state index contributed by atoms with van der Waals surface area (Å²) in [5, 5.41) is 5.05. The summed E-state index contributed by atoms with van der Waals surface area (Å²) in [4.78, 5) is 17.9. The lowest BCUT2D eigenvalue weighted by molar-refractivity contribution is 0.0697. The highest BCUT2D eigenvalue weighted by molar-refractivity contribution is 7.86. The van der Waals surface area contributed by atoms with E-state index < -0.39 is 10.2 Å². The molecular weight excluding hydrogens is 282 g/mol. The van der Waals surface area contributed by atoms with E-state index in [1.54, 1.807) is 17.0 Å². The molecule has 0 radical (unpaired) electrons. The van der Waals surface area contributed by atoms with Crippen LogP contribution in [0.25, 0.3) is 0 Å². The molecule has 0 atom stereocenters. The van der Waals surface area contributed by atoms with Crippen LogP contribution in [0, 0.1) is 0 Å². The largest absolute Gasteiger partial charge is 0.336 e. The van der Waals surface area contributed by atoms with Crippen molar-refractivity contribution in [2.45, 2.75) is 6.54 Å². The van der Waals surface area contributed by atoms with Crippen LogP contribution in [-0.2, 0) is 16.8 Å². The standard InChI is InChI=1S/C11H17N5O3S/c12-8-10-7-9(1-2-14-10)11(17)15-3-5-16(6-4-15)20(13,18)19/h1-2,7H,3-6,8,12H2,(H2,13,18,19). The molecule has 0 aliphatic carbocycles. The molecule has 9 heteroatoms. The van der Waals surface area contributed by atoms with Gasteiger partial charge in [0.05, 0.1) is 5.69 Å². The van der Waals surface area contributed by atoms with Gasteiger partial charge in [0.2, 0.25) is 0 Å². The quantitative estimate of drug-likeness (QED) is 0.703. The fraction of sp³-hybridized carbons (Fsp3) is 0.455. The molecule has 110 valence electrons. The second-order valence-corrected chi connectivity index (χ2v) is 6.02. The summed E-state index contributed by atoms with van der Waals surface area (Å²) in [5.74, 6) is -0.156. The molecule has 8 nitrogen and oxygen atoms in total. The number of hydrogen-bond acceptors (Lipinski definition) is 5. The highest BCUT2D eigenvalue weighted by atomic mass is 32.2. The average Bonchev–Trinajstić information content (AvgIpc) is 2.46. The van der Waals surface area contributed by atoms with Crippen molar-refractivity contribution < 1.29 is 13.2 Å². The Bertz CT molecular complexity index is 596. The Morgan fingerprint density at radius 1 is 1.30 bits per heavy atom. The Kier molecular flexibility index (Phi) is 4.33. The van der Waals surface area contributed by atoms with Crippen LogP contribution in [0.4, 0.5) is 0 Å². The number of pyridine rings is 1. The first-order chi connectivity index (χ1) is 9.41. The zero-order valence-corrected chi connectivity index (χ0v) is 11.7. The van der Waals surface area contributed by atoms with E-state index in [0.29, 0.717) is 24.3 Å². The maximum atomic E-state index is 12.3. The monoisotopic (exact) mass is 299 g/mol. The van der Waals surface area contributed by atoms with Gasteiger partial charge in [-0.05, 0) is 12.1 Å². The molecule has 0 bridgehead atoms. The van der Waals surface area contributed by atoms with Crippen LogP contribution in [0.3, 0.4) is 0 Å². The molecule has 1 aromatic rings. The van der Waals surface area contributed by atoms with Crippen molar-refractivity contribution in [3.05, 3.63) is 29.6 Å². The van der Waals surface area contributed by atoms with E-state index in [1.165, 1.54) is 6.20 Å². The third kappa shape index (κ3) is 3.31. The van der Waals surface area contributed by atoms with Gasteiger partial charge in [-0.1, -0.05) is 0 Å². The van der Waals surface area contributed by atoms with Crippen LogP contribution in [0.15, 0.2) is 18.3 Å². The topological polar surface area (TPSA) is 123 Å². The number of amides is 1. The van der Waals surface area contributed by atoms with Gasteiger partial charge < -0.3 is 10.6 Å². The third-order valence-electron chi connectivity index (χ3n) is 3.16. The number of carbonyl (C=O) groups is 1. The summed E-state index contributed by atoms with van der Waals surface area (Å²) < 4.78 is 23.6. The number of carbonyl (C=O) groups excluding carboxylic acids is 1.